The van der Waals surface area contributed by atoms with Gasteiger partial charge in [0.1, 0.15) is 6.04 Å². The number of ether oxygens (including phenoxy) is 1. The van der Waals surface area contributed by atoms with Crippen LogP contribution in [0.2, 0.25) is 0 Å². The van der Waals surface area contributed by atoms with E-state index in [0.717, 1.165) is 12.5 Å². The van der Waals surface area contributed by atoms with E-state index in [4.69, 9.17) is 4.74 Å². The molecule has 40 heavy (non-hydrogen) atoms. The minimum Gasteiger partial charge on any atom is -0.383 e. The molecule has 4 aromatic rings. The van der Waals surface area contributed by atoms with Crippen LogP contribution in [0.1, 0.15) is 47.1 Å². The van der Waals surface area contributed by atoms with Crippen LogP contribution in [0.4, 0.5) is 13.2 Å². The highest BCUT2D eigenvalue weighted by molar-refractivity contribution is 6.08. The molecule has 1 N–H and O–H groups in total. The third-order valence-electron chi connectivity index (χ3n) is 7.51. The predicted molar refractivity (Wildman–Crippen MR) is 140 cm³/mol. The number of carbonyl (C=O) groups is 2. The third kappa shape index (κ3) is 4.30. The van der Waals surface area contributed by atoms with Gasteiger partial charge >= 0.3 is 6.18 Å². The summed E-state index contributed by atoms with van der Waals surface area (Å²) in [6, 6.07) is 15.2. The molecule has 0 bridgehead atoms. The quantitative estimate of drug-likeness (QED) is 0.346. The smallest absolute Gasteiger partial charge is 0.383 e. The second-order valence-electron chi connectivity index (χ2n) is 9.92. The Bertz CT molecular complexity index is 1600. The van der Waals surface area contributed by atoms with Gasteiger partial charge in [-0.05, 0) is 36.5 Å². The zero-order valence-corrected chi connectivity index (χ0v) is 21.6. The largest absolute Gasteiger partial charge is 0.433 e. The molecule has 1 atom stereocenters. The molecule has 2 aromatic carbocycles. The van der Waals surface area contributed by atoms with Crippen LogP contribution in [-0.4, -0.2) is 57.6 Å². The highest BCUT2D eigenvalue weighted by atomic mass is 19.4. The molecular weight excluding hydrogens is 523 g/mol. The Morgan fingerprint density at radius 3 is 2.50 bits per heavy atom. The van der Waals surface area contributed by atoms with Crippen LogP contribution in [0.15, 0.2) is 60.7 Å². The standard InChI is InChI=1S/C29H26F3N5O3/c1-40-15-14-33-27(38)25-20-13-6-5-12-19(20)23-24(28(39)36(25)18-10-7-11-18)35-37-22(29(30,31)32)16-21(34-26(23)37)17-8-3-2-4-9-17/h2-6,8-9,12-13,16,18,25H,7,10-11,14-15H2,1H3,(H,33,38). The van der Waals surface area contributed by atoms with Gasteiger partial charge in [-0.2, -0.15) is 18.3 Å². The molecule has 1 saturated carbocycles. The Kier molecular flexibility index (Phi) is 6.53. The number of fused-ring (bicyclic) bond motifs is 5. The summed E-state index contributed by atoms with van der Waals surface area (Å²) in [5.41, 5.74) is 0.423. The summed E-state index contributed by atoms with van der Waals surface area (Å²) in [4.78, 5) is 33.9. The lowest BCUT2D eigenvalue weighted by Crippen LogP contribution is -2.51. The molecule has 1 aliphatic heterocycles. The van der Waals surface area contributed by atoms with Crippen molar-refractivity contribution in [1.82, 2.24) is 24.8 Å². The Hall–Kier alpha value is -4.25. The Morgan fingerprint density at radius 2 is 1.82 bits per heavy atom. The van der Waals surface area contributed by atoms with Crippen molar-refractivity contribution in [2.45, 2.75) is 37.5 Å². The molecule has 3 heterocycles. The number of alkyl halides is 3. The van der Waals surface area contributed by atoms with Crippen molar-refractivity contribution in [3.63, 3.8) is 0 Å². The van der Waals surface area contributed by atoms with Gasteiger partial charge in [0.05, 0.1) is 17.9 Å². The van der Waals surface area contributed by atoms with E-state index in [1.54, 1.807) is 54.6 Å². The number of methoxy groups -OCH3 is 1. The van der Waals surface area contributed by atoms with Crippen molar-refractivity contribution >= 4 is 17.5 Å². The first-order valence-electron chi connectivity index (χ1n) is 13.0. The maximum atomic E-state index is 14.4. The number of nitrogens with one attached hydrogen (secondary N) is 1. The molecular formula is C29H26F3N5O3. The zero-order valence-electron chi connectivity index (χ0n) is 21.6. The summed E-state index contributed by atoms with van der Waals surface area (Å²) in [7, 11) is 1.52. The highest BCUT2D eigenvalue weighted by Crippen LogP contribution is 2.45. The topological polar surface area (TPSA) is 88.8 Å². The molecule has 6 rings (SSSR count). The number of rotatable bonds is 6. The summed E-state index contributed by atoms with van der Waals surface area (Å²) in [6.45, 7) is 0.534. The molecule has 206 valence electrons. The molecule has 0 radical (unpaired) electrons. The second-order valence-corrected chi connectivity index (χ2v) is 9.92. The van der Waals surface area contributed by atoms with Gasteiger partial charge in [-0.1, -0.05) is 54.6 Å². The maximum absolute atomic E-state index is 14.4. The van der Waals surface area contributed by atoms with Gasteiger partial charge in [-0.25, -0.2) is 9.50 Å². The molecule has 0 saturated heterocycles. The van der Waals surface area contributed by atoms with Crippen molar-refractivity contribution < 1.29 is 27.5 Å². The fourth-order valence-corrected chi connectivity index (χ4v) is 5.41. The molecule has 2 aliphatic rings. The van der Waals surface area contributed by atoms with Crippen LogP contribution in [0.3, 0.4) is 0 Å². The summed E-state index contributed by atoms with van der Waals surface area (Å²) in [5, 5.41) is 7.09. The molecule has 1 aliphatic carbocycles. The first-order valence-corrected chi connectivity index (χ1v) is 13.0. The van der Waals surface area contributed by atoms with E-state index in [1.807, 2.05) is 0 Å². The van der Waals surface area contributed by atoms with Gasteiger partial charge in [-0.3, -0.25) is 9.59 Å². The second kappa shape index (κ2) is 10.1. The summed E-state index contributed by atoms with van der Waals surface area (Å²) >= 11 is 0. The van der Waals surface area contributed by atoms with Gasteiger partial charge in [0, 0.05) is 25.3 Å². The molecule has 0 spiro atoms. The Balaban J connectivity index is 1.63. The number of hydrogen-bond donors (Lipinski definition) is 1. The van der Waals surface area contributed by atoms with Crippen molar-refractivity contribution in [2.75, 3.05) is 20.3 Å². The van der Waals surface area contributed by atoms with Gasteiger partial charge in [-0.15, -0.1) is 0 Å². The molecule has 1 unspecified atom stereocenters. The van der Waals surface area contributed by atoms with Gasteiger partial charge in [0.2, 0.25) is 5.91 Å². The predicted octanol–water partition coefficient (Wildman–Crippen LogP) is 4.89. The van der Waals surface area contributed by atoms with Crippen LogP contribution in [-0.2, 0) is 15.7 Å². The summed E-state index contributed by atoms with van der Waals surface area (Å²) in [6.07, 6.45) is -2.52. The van der Waals surface area contributed by atoms with Crippen LogP contribution in [0.5, 0.6) is 0 Å². The van der Waals surface area contributed by atoms with E-state index in [1.165, 1.54) is 12.0 Å². The van der Waals surface area contributed by atoms with Crippen LogP contribution in [0.25, 0.3) is 28.0 Å². The number of aromatic nitrogens is 3. The van der Waals surface area contributed by atoms with E-state index < -0.39 is 23.8 Å². The lowest BCUT2D eigenvalue weighted by Gasteiger charge is -2.41. The van der Waals surface area contributed by atoms with E-state index in [9.17, 15) is 22.8 Å². The zero-order chi connectivity index (χ0) is 28.0. The van der Waals surface area contributed by atoms with Gasteiger partial charge in [0.25, 0.3) is 5.91 Å². The third-order valence-corrected chi connectivity index (χ3v) is 7.51. The van der Waals surface area contributed by atoms with Crippen molar-refractivity contribution in [3.05, 3.63) is 77.6 Å². The molecule has 8 nitrogen and oxygen atoms in total. The Labute approximate surface area is 227 Å². The number of nitrogens with zero attached hydrogens (tertiary/aromatic N) is 4. The number of halogens is 3. The maximum Gasteiger partial charge on any atom is 0.433 e. The van der Waals surface area contributed by atoms with E-state index in [-0.39, 0.29) is 47.7 Å². The van der Waals surface area contributed by atoms with E-state index in [2.05, 4.69) is 15.4 Å². The number of benzene rings is 2. The number of amides is 2. The minimum atomic E-state index is -4.77. The molecule has 11 heteroatoms. The molecule has 2 aromatic heterocycles. The van der Waals surface area contributed by atoms with Crippen molar-refractivity contribution in [3.8, 4) is 22.4 Å². The van der Waals surface area contributed by atoms with Gasteiger partial charge < -0.3 is 15.0 Å². The SMILES string of the molecule is COCCNC(=O)C1c2ccccc2-c2c(nn3c(C(F)(F)F)cc(-c4ccccc4)nc23)C(=O)N1C1CCC1. The average molecular weight is 550 g/mol. The van der Waals surface area contributed by atoms with Crippen LogP contribution in [0, 0.1) is 0 Å². The molecule has 1 fully saturated rings. The fraction of sp³-hybridized carbons (Fsp3) is 0.310. The lowest BCUT2D eigenvalue weighted by molar-refractivity contribution is -0.142. The van der Waals surface area contributed by atoms with E-state index in [0.29, 0.717) is 34.0 Å². The normalized spacial score (nSPS) is 17.2. The number of hydrogen-bond acceptors (Lipinski definition) is 5. The summed E-state index contributed by atoms with van der Waals surface area (Å²) < 4.78 is 48.9. The highest BCUT2D eigenvalue weighted by Gasteiger charge is 2.46. The Morgan fingerprint density at radius 1 is 1.10 bits per heavy atom. The minimum absolute atomic E-state index is 0.0986. The average Bonchev–Trinajstić information content (AvgIpc) is 3.26. The van der Waals surface area contributed by atoms with Crippen molar-refractivity contribution in [1.29, 1.82) is 0 Å². The summed E-state index contributed by atoms with van der Waals surface area (Å²) in [5.74, 6) is -0.983. The van der Waals surface area contributed by atoms with E-state index >= 15 is 0 Å². The van der Waals surface area contributed by atoms with Crippen LogP contribution < -0.4 is 5.32 Å². The molecule has 2 amide bonds. The fourth-order valence-electron chi connectivity index (χ4n) is 5.41. The number of carbonyl (C=O) groups excluding carboxylic acids is 2. The first kappa shape index (κ1) is 26.0. The van der Waals surface area contributed by atoms with Crippen molar-refractivity contribution in [2.24, 2.45) is 0 Å². The van der Waals surface area contributed by atoms with Gasteiger partial charge in [0.15, 0.2) is 17.0 Å². The lowest BCUT2D eigenvalue weighted by atomic mass is 9.88. The van der Waals surface area contributed by atoms with Crippen LogP contribution >= 0.6 is 0 Å². The first-order chi connectivity index (χ1) is 19.3. The monoisotopic (exact) mass is 549 g/mol.